The number of aliphatic hydroxyl groups is 2. The number of furan rings is 1. The van der Waals surface area contributed by atoms with Gasteiger partial charge in [-0.25, -0.2) is 0 Å². The van der Waals surface area contributed by atoms with Crippen LogP contribution in [0.3, 0.4) is 0 Å². The second-order valence-electron chi connectivity index (χ2n) is 3.96. The molecule has 1 aromatic heterocycles. The van der Waals surface area contributed by atoms with Gasteiger partial charge in [0.25, 0.3) is 0 Å². The molecular weight excluding hydrogens is 267 g/mol. The normalized spacial score (nSPS) is 15.4. The molecule has 8 heteroatoms. The van der Waals surface area contributed by atoms with Crippen molar-refractivity contribution in [2.24, 2.45) is 0 Å². The van der Waals surface area contributed by atoms with Crippen LogP contribution in [0.15, 0.2) is 22.8 Å². The second kappa shape index (κ2) is 7.49. The number of hydrogen-bond donors (Lipinski definition) is 3. The lowest BCUT2D eigenvalue weighted by molar-refractivity contribution is -0.202. The van der Waals surface area contributed by atoms with Crippen LogP contribution in [0.2, 0.25) is 0 Å². The van der Waals surface area contributed by atoms with Gasteiger partial charge in [-0.05, 0) is 12.1 Å². The molecule has 1 heterocycles. The Morgan fingerprint density at radius 3 is 2.63 bits per heavy atom. The topological polar surface area (TPSA) is 74.9 Å². The van der Waals surface area contributed by atoms with Crippen molar-refractivity contribution >= 4 is 0 Å². The Labute approximate surface area is 108 Å². The first kappa shape index (κ1) is 16.0. The van der Waals surface area contributed by atoms with Gasteiger partial charge in [0, 0.05) is 13.1 Å². The fourth-order valence-corrected chi connectivity index (χ4v) is 1.25. The molecule has 0 bridgehead atoms. The molecule has 0 saturated heterocycles. The van der Waals surface area contributed by atoms with Gasteiger partial charge in [-0.1, -0.05) is 0 Å². The largest absolute Gasteiger partial charge is 0.467 e. The molecule has 0 spiro atoms. The maximum Gasteiger partial charge on any atom is 0.415 e. The van der Waals surface area contributed by atoms with Gasteiger partial charge in [0.1, 0.15) is 12.4 Å². The van der Waals surface area contributed by atoms with Crippen molar-refractivity contribution in [2.45, 2.75) is 25.0 Å². The average molecular weight is 283 g/mol. The molecule has 5 nitrogen and oxygen atoms in total. The molecule has 0 aliphatic heterocycles. The third kappa shape index (κ3) is 6.58. The number of nitrogens with one attached hydrogen (secondary N) is 1. The highest BCUT2D eigenvalue weighted by atomic mass is 19.4. The van der Waals surface area contributed by atoms with E-state index in [2.05, 4.69) is 5.32 Å². The van der Waals surface area contributed by atoms with Crippen LogP contribution in [0, 0.1) is 0 Å². The van der Waals surface area contributed by atoms with E-state index >= 15 is 0 Å². The van der Waals surface area contributed by atoms with Crippen LogP contribution in [0.1, 0.15) is 5.76 Å². The maximum atomic E-state index is 11.9. The molecule has 0 fully saturated rings. The third-order valence-corrected chi connectivity index (χ3v) is 2.23. The summed E-state index contributed by atoms with van der Waals surface area (Å²) in [6.45, 7) is -0.644. The molecule has 3 N–H and O–H groups in total. The number of halogens is 3. The zero-order valence-electron chi connectivity index (χ0n) is 10.1. The molecule has 1 rings (SSSR count). The van der Waals surface area contributed by atoms with Gasteiger partial charge in [-0.3, -0.25) is 0 Å². The van der Waals surface area contributed by atoms with E-state index in [0.29, 0.717) is 5.76 Å². The van der Waals surface area contributed by atoms with Crippen molar-refractivity contribution in [3.8, 4) is 0 Å². The number of ether oxygens (including phenoxy) is 1. The third-order valence-electron chi connectivity index (χ3n) is 2.23. The van der Waals surface area contributed by atoms with E-state index in [1.54, 1.807) is 12.1 Å². The van der Waals surface area contributed by atoms with Crippen LogP contribution in [-0.4, -0.2) is 48.3 Å². The maximum absolute atomic E-state index is 11.9. The van der Waals surface area contributed by atoms with Crippen LogP contribution in [-0.2, 0) is 11.3 Å². The summed E-state index contributed by atoms with van der Waals surface area (Å²) < 4.78 is 45.9. The Balaban J connectivity index is 2.06. The first-order chi connectivity index (χ1) is 8.89. The fourth-order valence-electron chi connectivity index (χ4n) is 1.25. The van der Waals surface area contributed by atoms with E-state index in [-0.39, 0.29) is 19.8 Å². The van der Waals surface area contributed by atoms with Crippen molar-refractivity contribution in [3.05, 3.63) is 24.2 Å². The molecule has 0 radical (unpaired) electrons. The lowest BCUT2D eigenvalue weighted by atomic mass is 10.3. The molecule has 0 saturated carbocycles. The second-order valence-corrected chi connectivity index (χ2v) is 3.96. The summed E-state index contributed by atoms with van der Waals surface area (Å²) in [7, 11) is 0. The molecule has 19 heavy (non-hydrogen) atoms. The summed E-state index contributed by atoms with van der Waals surface area (Å²) in [5.74, 6) is 0.590. The molecule has 110 valence electrons. The molecule has 2 atom stereocenters. The van der Waals surface area contributed by atoms with Crippen LogP contribution in [0.5, 0.6) is 0 Å². The molecule has 2 unspecified atom stereocenters. The van der Waals surface area contributed by atoms with Crippen molar-refractivity contribution in [1.82, 2.24) is 5.32 Å². The van der Waals surface area contributed by atoms with Crippen molar-refractivity contribution in [3.63, 3.8) is 0 Å². The summed E-state index contributed by atoms with van der Waals surface area (Å²) >= 11 is 0. The van der Waals surface area contributed by atoms with Gasteiger partial charge in [0.15, 0.2) is 6.10 Å². The quantitative estimate of drug-likeness (QED) is 0.654. The summed E-state index contributed by atoms with van der Waals surface area (Å²) in [6.07, 6.45) is -6.58. The average Bonchev–Trinajstić information content (AvgIpc) is 2.80. The minimum absolute atomic E-state index is 0.0458. The molecule has 0 aliphatic rings. The highest BCUT2D eigenvalue weighted by molar-refractivity contribution is 4.96. The molecule has 0 aromatic carbocycles. The smallest absolute Gasteiger partial charge is 0.415 e. The molecule has 0 aliphatic carbocycles. The number of aliphatic hydroxyl groups excluding tert-OH is 2. The molecule has 1 aromatic rings. The van der Waals surface area contributed by atoms with Crippen molar-refractivity contribution in [2.75, 3.05) is 19.7 Å². The Morgan fingerprint density at radius 2 is 2.05 bits per heavy atom. The minimum atomic E-state index is -4.66. The zero-order chi connectivity index (χ0) is 14.3. The predicted octanol–water partition coefficient (Wildman–Crippen LogP) is 0.670. The lowest BCUT2D eigenvalue weighted by Gasteiger charge is -2.16. The minimum Gasteiger partial charge on any atom is -0.467 e. The highest BCUT2D eigenvalue weighted by Gasteiger charge is 2.37. The summed E-state index contributed by atoms with van der Waals surface area (Å²) in [5.41, 5.74) is 0. The van der Waals surface area contributed by atoms with Gasteiger partial charge >= 0.3 is 6.18 Å². The van der Waals surface area contributed by atoms with Crippen LogP contribution in [0.25, 0.3) is 0 Å². The van der Waals surface area contributed by atoms with Gasteiger partial charge in [-0.2, -0.15) is 13.2 Å². The van der Waals surface area contributed by atoms with Gasteiger partial charge in [0.05, 0.1) is 19.0 Å². The van der Waals surface area contributed by atoms with Crippen LogP contribution < -0.4 is 5.32 Å². The highest BCUT2D eigenvalue weighted by Crippen LogP contribution is 2.19. The predicted molar refractivity (Wildman–Crippen MR) is 59.3 cm³/mol. The van der Waals surface area contributed by atoms with Crippen LogP contribution >= 0.6 is 0 Å². The van der Waals surface area contributed by atoms with E-state index < -0.39 is 24.9 Å². The summed E-state index contributed by atoms with van der Waals surface area (Å²) in [6, 6.07) is 3.39. The monoisotopic (exact) mass is 283 g/mol. The van der Waals surface area contributed by atoms with E-state index in [9.17, 15) is 18.3 Å². The summed E-state index contributed by atoms with van der Waals surface area (Å²) in [5, 5.41) is 20.4. The van der Waals surface area contributed by atoms with E-state index in [4.69, 9.17) is 14.3 Å². The van der Waals surface area contributed by atoms with Gasteiger partial charge < -0.3 is 24.7 Å². The first-order valence-corrected chi connectivity index (χ1v) is 5.63. The Hall–Kier alpha value is -1.09. The Kier molecular flexibility index (Phi) is 6.29. The van der Waals surface area contributed by atoms with Crippen LogP contribution in [0.4, 0.5) is 13.2 Å². The van der Waals surface area contributed by atoms with Gasteiger partial charge in [-0.15, -0.1) is 0 Å². The standard InChI is InChI=1S/C11H16F3NO4/c12-11(13,14)10(17)5-15-4-8(16)6-18-7-9-2-1-3-19-9/h1-3,8,10,15-17H,4-7H2. The Bertz CT molecular complexity index is 342. The molecule has 0 amide bonds. The van der Waals surface area contributed by atoms with E-state index in [1.807, 2.05) is 0 Å². The van der Waals surface area contributed by atoms with Crippen molar-refractivity contribution < 1.29 is 32.5 Å². The fraction of sp³-hybridized carbons (Fsp3) is 0.636. The Morgan fingerprint density at radius 1 is 1.32 bits per heavy atom. The zero-order valence-corrected chi connectivity index (χ0v) is 10.1. The number of rotatable bonds is 8. The SMILES string of the molecule is OC(CNCC(O)C(F)(F)F)COCc1ccco1. The lowest BCUT2D eigenvalue weighted by Crippen LogP contribution is -2.41. The summed E-state index contributed by atoms with van der Waals surface area (Å²) in [4.78, 5) is 0. The number of alkyl halides is 3. The van der Waals surface area contributed by atoms with Crippen molar-refractivity contribution in [1.29, 1.82) is 0 Å². The first-order valence-electron chi connectivity index (χ1n) is 5.63. The van der Waals surface area contributed by atoms with E-state index in [0.717, 1.165) is 0 Å². The number of hydrogen-bond acceptors (Lipinski definition) is 5. The molecular formula is C11H16F3NO4. The van der Waals surface area contributed by atoms with Gasteiger partial charge in [0.2, 0.25) is 0 Å². The van der Waals surface area contributed by atoms with E-state index in [1.165, 1.54) is 6.26 Å².